The molecule has 8 bridgehead atoms. The second kappa shape index (κ2) is 15.7. The van der Waals surface area contributed by atoms with Gasteiger partial charge in [0.05, 0.1) is 22.8 Å². The van der Waals surface area contributed by atoms with Gasteiger partial charge in [0.1, 0.15) is 11.6 Å². The zero-order chi connectivity index (χ0) is 44.3. The van der Waals surface area contributed by atoms with E-state index in [2.05, 4.69) is 75.8 Å². The molecule has 0 radical (unpaired) electrons. The van der Waals surface area contributed by atoms with Gasteiger partial charge in [-0.3, -0.25) is 9.59 Å². The molecule has 0 spiro atoms. The number of aliphatic carboxylic acids is 1. The molecule has 9 nitrogen and oxygen atoms in total. The molecule has 2 aliphatic heterocycles. The molecule has 3 aromatic carbocycles. The van der Waals surface area contributed by atoms with E-state index in [-0.39, 0.29) is 22.7 Å². The third kappa shape index (κ3) is 7.28. The first-order valence-electron chi connectivity index (χ1n) is 20.5. The Bertz CT molecular complexity index is 3310. The van der Waals surface area contributed by atoms with E-state index in [0.717, 1.165) is 83.3 Å². The van der Waals surface area contributed by atoms with Gasteiger partial charge < -0.3 is 15.1 Å². The Kier molecular flexibility index (Phi) is 10.00. The molecule has 3 aromatic heterocycles. The summed E-state index contributed by atoms with van der Waals surface area (Å²) < 4.78 is 0. The van der Waals surface area contributed by atoms with Crippen molar-refractivity contribution in [3.8, 4) is 39.4 Å². The van der Waals surface area contributed by atoms with E-state index in [4.69, 9.17) is 9.97 Å². The van der Waals surface area contributed by atoms with Gasteiger partial charge in [-0.05, 0) is 159 Å². The zero-order valence-electron chi connectivity index (χ0n) is 35.6. The predicted molar refractivity (Wildman–Crippen MR) is 252 cm³/mol. The molecular formula is C54H41N5O4. The number of hydrogen-bond acceptors (Lipinski definition) is 6. The summed E-state index contributed by atoms with van der Waals surface area (Å²) in [4.78, 5) is 56.5. The van der Waals surface area contributed by atoms with Crippen LogP contribution in [0, 0.1) is 52.9 Å². The number of allylic oxidation sites excluding steroid dienone is 4. The molecule has 9 rings (SSSR count). The van der Waals surface area contributed by atoms with Crippen LogP contribution in [0.5, 0.6) is 0 Å². The summed E-state index contributed by atoms with van der Waals surface area (Å²) in [6, 6.07) is 25.8. The van der Waals surface area contributed by atoms with E-state index in [1.165, 1.54) is 24.3 Å². The van der Waals surface area contributed by atoms with Gasteiger partial charge in [0.2, 0.25) is 0 Å². The van der Waals surface area contributed by atoms with Crippen LogP contribution in [0.4, 0.5) is 0 Å². The number of ketones is 2. The largest absolute Gasteiger partial charge is 0.477 e. The Morgan fingerprint density at radius 3 is 1.46 bits per heavy atom. The first-order valence-corrected chi connectivity index (χ1v) is 20.5. The van der Waals surface area contributed by atoms with Crippen molar-refractivity contribution in [2.75, 3.05) is 0 Å². The summed E-state index contributed by atoms with van der Waals surface area (Å²) in [5.41, 5.74) is 18.4. The number of hydrogen-bond donors (Lipinski definition) is 3. The first-order chi connectivity index (χ1) is 30.3. The number of aryl methyl sites for hydroxylation is 6. The molecule has 0 amide bonds. The number of nitrogens with zero attached hydrogens (tertiary/aromatic N) is 3. The maximum Gasteiger partial charge on any atom is 0.346 e. The Morgan fingerprint density at radius 1 is 0.571 bits per heavy atom. The van der Waals surface area contributed by atoms with Crippen molar-refractivity contribution in [1.29, 1.82) is 5.26 Å². The second-order valence-corrected chi connectivity index (χ2v) is 16.3. The summed E-state index contributed by atoms with van der Waals surface area (Å²) in [6.07, 6.45) is 13.2. The fourth-order valence-corrected chi connectivity index (χ4v) is 9.23. The Labute approximate surface area is 363 Å². The smallest absolute Gasteiger partial charge is 0.346 e. The molecule has 63 heavy (non-hydrogen) atoms. The second-order valence-electron chi connectivity index (χ2n) is 16.3. The Hall–Kier alpha value is -8.22. The van der Waals surface area contributed by atoms with Crippen LogP contribution in [0.15, 0.2) is 96.6 Å². The highest BCUT2D eigenvalue weighted by Gasteiger charge is 2.25. The molecule has 6 aromatic rings. The number of aromatic nitrogens is 4. The van der Waals surface area contributed by atoms with Crippen LogP contribution >= 0.6 is 0 Å². The van der Waals surface area contributed by atoms with Crippen molar-refractivity contribution < 1.29 is 19.5 Å². The van der Waals surface area contributed by atoms with Crippen LogP contribution in [-0.4, -0.2) is 42.6 Å². The number of carboxylic acid groups (broad SMARTS) is 1. The third-order valence-electron chi connectivity index (χ3n) is 11.7. The highest BCUT2D eigenvalue weighted by molar-refractivity contribution is 6.35. The minimum absolute atomic E-state index is 0.249. The normalized spacial score (nSPS) is 13.4. The van der Waals surface area contributed by atoms with E-state index in [1.807, 2.05) is 60.7 Å². The summed E-state index contributed by atoms with van der Waals surface area (Å²) in [5.74, 6) is -1.86. The average molecular weight is 824 g/mol. The molecule has 306 valence electrons. The molecule has 0 saturated carbocycles. The monoisotopic (exact) mass is 823 g/mol. The lowest BCUT2D eigenvalue weighted by Gasteiger charge is -2.13. The van der Waals surface area contributed by atoms with Crippen molar-refractivity contribution in [2.45, 2.75) is 41.5 Å². The SMILES string of the molecule is Cc1cc(C)c(-c2c3nc(c(-c4ccc(/C=C(/C#N)C(=O)O)cc4)c4ccc([nH]4)c(-c4c(C)cc(C)cc4C)c4nc(c(C5=CC(=O)C=CC5=O)c5ccc2[nH]5)C=C4)C=C3)c(C)c1. The molecular weight excluding hydrogens is 783 g/mol. The van der Waals surface area contributed by atoms with Gasteiger partial charge >= 0.3 is 5.97 Å². The molecule has 1 aliphatic carbocycles. The molecule has 9 heteroatoms. The number of carbonyl (C=O) groups is 3. The van der Waals surface area contributed by atoms with Crippen molar-refractivity contribution in [1.82, 2.24) is 19.9 Å². The summed E-state index contributed by atoms with van der Waals surface area (Å²) in [7, 11) is 0. The number of nitriles is 1. The summed E-state index contributed by atoms with van der Waals surface area (Å²) in [5, 5.41) is 19.0. The van der Waals surface area contributed by atoms with E-state index < -0.39 is 5.97 Å². The van der Waals surface area contributed by atoms with Gasteiger partial charge in [-0.25, -0.2) is 14.8 Å². The van der Waals surface area contributed by atoms with Crippen LogP contribution in [-0.2, 0) is 14.4 Å². The zero-order valence-corrected chi connectivity index (χ0v) is 35.6. The highest BCUT2D eigenvalue weighted by Crippen LogP contribution is 2.41. The third-order valence-corrected chi connectivity index (χ3v) is 11.7. The van der Waals surface area contributed by atoms with E-state index in [0.29, 0.717) is 39.4 Å². The fraction of sp³-hybridized carbons (Fsp3) is 0.111. The quantitative estimate of drug-likeness (QED) is 0.0857. The number of benzene rings is 3. The molecule has 5 heterocycles. The maximum atomic E-state index is 13.7. The number of fused-ring (bicyclic) bond motifs is 8. The van der Waals surface area contributed by atoms with Crippen LogP contribution in [0.2, 0.25) is 0 Å². The minimum atomic E-state index is -1.29. The van der Waals surface area contributed by atoms with E-state index in [1.54, 1.807) is 18.2 Å². The van der Waals surface area contributed by atoms with E-state index in [9.17, 15) is 24.8 Å². The molecule has 0 atom stereocenters. The lowest BCUT2D eigenvalue weighted by atomic mass is 9.92. The molecule has 3 aliphatic rings. The topological polar surface area (TPSA) is 153 Å². The number of rotatable bonds is 6. The maximum absolute atomic E-state index is 13.7. The van der Waals surface area contributed by atoms with Gasteiger partial charge in [-0.2, -0.15) is 5.26 Å². The Morgan fingerprint density at radius 2 is 1.00 bits per heavy atom. The van der Waals surface area contributed by atoms with Crippen molar-refractivity contribution in [3.63, 3.8) is 0 Å². The minimum Gasteiger partial charge on any atom is -0.477 e. The van der Waals surface area contributed by atoms with Gasteiger partial charge in [0.25, 0.3) is 0 Å². The van der Waals surface area contributed by atoms with Crippen molar-refractivity contribution in [3.05, 3.63) is 164 Å². The molecule has 0 fully saturated rings. The van der Waals surface area contributed by atoms with Crippen LogP contribution in [0.25, 0.3) is 91.4 Å². The number of H-pyrrole nitrogens is 2. The molecule has 0 saturated heterocycles. The van der Waals surface area contributed by atoms with Gasteiger partial charge in [-0.15, -0.1) is 0 Å². The average Bonchev–Trinajstić information content (AvgIpc) is 4.08. The number of carboxylic acids is 1. The molecule has 3 N–H and O–H groups in total. The summed E-state index contributed by atoms with van der Waals surface area (Å²) in [6.45, 7) is 12.5. The van der Waals surface area contributed by atoms with Crippen LogP contribution in [0.3, 0.4) is 0 Å². The van der Waals surface area contributed by atoms with Crippen molar-refractivity contribution in [2.24, 2.45) is 0 Å². The van der Waals surface area contributed by atoms with E-state index >= 15 is 0 Å². The number of nitrogens with one attached hydrogen (secondary N) is 2. The highest BCUT2D eigenvalue weighted by atomic mass is 16.4. The molecule has 0 unspecified atom stereocenters. The van der Waals surface area contributed by atoms with Gasteiger partial charge in [0, 0.05) is 49.9 Å². The van der Waals surface area contributed by atoms with Crippen LogP contribution in [0.1, 0.15) is 67.3 Å². The first kappa shape index (κ1) is 40.2. The van der Waals surface area contributed by atoms with Gasteiger partial charge in [-0.1, -0.05) is 59.7 Å². The fourth-order valence-electron chi connectivity index (χ4n) is 9.23. The van der Waals surface area contributed by atoms with Gasteiger partial charge in [0.15, 0.2) is 11.6 Å². The van der Waals surface area contributed by atoms with Crippen molar-refractivity contribution >= 4 is 75.6 Å². The lowest BCUT2D eigenvalue weighted by Crippen LogP contribution is -2.08. The lowest BCUT2D eigenvalue weighted by molar-refractivity contribution is -0.132. The summed E-state index contributed by atoms with van der Waals surface area (Å²) >= 11 is 0. The number of carbonyl (C=O) groups excluding carboxylic acids is 2. The Balaban J connectivity index is 1.47. The standard InChI is InChI=1S/C54H41N5O4/c1-28-21-30(3)48(31(4)22-28)52-43-16-12-39(56-43)50(35-9-7-34(8-10-35)25-36(27-55)54(62)63)40-13-17-44(57-40)53(49-32(5)23-29(2)24-33(49)6)46-19-15-42(59-46)51(41-14-18-45(52)58-41)38-26-37(60)11-20-47(38)61/h7-26,56,59H,1-6H3,(H,62,63)/b36-25-,50-39?,50-40?,51-41?,51-42?,52-43?,52-45?,53-44?,53-46?. The number of aromatic amines is 2. The van der Waals surface area contributed by atoms with Crippen LogP contribution < -0.4 is 0 Å². The predicted octanol–water partition coefficient (Wildman–Crippen LogP) is 11.6.